The molecule has 2 aromatic carbocycles. The Balaban J connectivity index is 0.000000714. The maximum absolute atomic E-state index is 11.7. The number of rotatable bonds is 6. The van der Waals surface area contributed by atoms with Crippen LogP contribution in [-0.2, 0) is 11.2 Å². The second-order valence-electron chi connectivity index (χ2n) is 11.5. The minimum Gasteiger partial charge on any atom is -0.481 e. The van der Waals surface area contributed by atoms with Crippen LogP contribution in [0.4, 0.5) is 5.95 Å². The van der Waals surface area contributed by atoms with Gasteiger partial charge in [-0.3, -0.25) is 9.69 Å². The van der Waals surface area contributed by atoms with E-state index in [1.165, 1.54) is 11.3 Å². The fourth-order valence-corrected chi connectivity index (χ4v) is 5.94. The second kappa shape index (κ2) is 12.8. The van der Waals surface area contributed by atoms with E-state index in [9.17, 15) is 9.90 Å². The summed E-state index contributed by atoms with van der Waals surface area (Å²) < 4.78 is 0.944. The summed E-state index contributed by atoms with van der Waals surface area (Å²) in [5.74, 6) is -0.147. The van der Waals surface area contributed by atoms with Crippen molar-refractivity contribution < 1.29 is 15.0 Å². The predicted octanol–water partition coefficient (Wildman–Crippen LogP) is 6.32. The van der Waals surface area contributed by atoms with E-state index in [1.54, 1.807) is 27.0 Å². The van der Waals surface area contributed by atoms with Crippen molar-refractivity contribution in [3.63, 3.8) is 0 Å². The van der Waals surface area contributed by atoms with Crippen molar-refractivity contribution in [2.45, 2.75) is 59.6 Å². The van der Waals surface area contributed by atoms with E-state index < -0.39 is 11.6 Å². The summed E-state index contributed by atoms with van der Waals surface area (Å²) in [5, 5.41) is 19.5. The molecule has 0 unspecified atom stereocenters. The van der Waals surface area contributed by atoms with Gasteiger partial charge in [0.2, 0.25) is 5.95 Å². The molecule has 8 nitrogen and oxygen atoms in total. The highest BCUT2D eigenvalue weighted by Gasteiger charge is 2.23. The number of hydrogen-bond donors (Lipinski definition) is 2. The zero-order valence-corrected chi connectivity index (χ0v) is 26.1. The van der Waals surface area contributed by atoms with E-state index in [4.69, 9.17) is 26.7 Å². The van der Waals surface area contributed by atoms with Gasteiger partial charge in [0.15, 0.2) is 0 Å². The fraction of sp³-hybridized carbons (Fsp3) is 0.419. The minimum absolute atomic E-state index is 0.0625. The summed E-state index contributed by atoms with van der Waals surface area (Å²) in [4.78, 5) is 30.7. The maximum atomic E-state index is 11.7. The average molecular weight is 596 g/mol. The van der Waals surface area contributed by atoms with Crippen LogP contribution < -0.4 is 4.90 Å². The first-order chi connectivity index (χ1) is 19.3. The third-order valence-electron chi connectivity index (χ3n) is 6.66. The highest BCUT2D eigenvalue weighted by molar-refractivity contribution is 7.22. The number of thiazole rings is 1. The zero-order valence-electron chi connectivity index (χ0n) is 24.5. The predicted molar refractivity (Wildman–Crippen MR) is 168 cm³/mol. The molecule has 41 heavy (non-hydrogen) atoms. The van der Waals surface area contributed by atoms with E-state index in [0.717, 1.165) is 75.3 Å². The normalized spacial score (nSPS) is 14.3. The maximum Gasteiger partial charge on any atom is 0.307 e. The van der Waals surface area contributed by atoms with Gasteiger partial charge in [-0.15, -0.1) is 11.3 Å². The average Bonchev–Trinajstić information content (AvgIpc) is 3.32. The van der Waals surface area contributed by atoms with Crippen molar-refractivity contribution >= 4 is 45.1 Å². The molecular weight excluding hydrogens is 558 g/mol. The Morgan fingerprint density at radius 3 is 2.29 bits per heavy atom. The molecule has 0 amide bonds. The number of fused-ring (bicyclic) bond motifs is 1. The minimum atomic E-state index is -0.865. The lowest BCUT2D eigenvalue weighted by atomic mass is 9.93. The second-order valence-corrected chi connectivity index (χ2v) is 13.0. The van der Waals surface area contributed by atoms with Crippen LogP contribution in [0.2, 0.25) is 5.02 Å². The molecule has 0 spiro atoms. The number of aliphatic carboxylic acids is 1. The number of nitrogens with zero attached hydrogens (tertiary/aromatic N) is 5. The third-order valence-corrected chi connectivity index (χ3v) is 8.02. The molecule has 218 valence electrons. The molecule has 0 aliphatic carbocycles. The molecule has 5 rings (SSSR count). The number of carbonyl (C=O) groups is 1. The van der Waals surface area contributed by atoms with Gasteiger partial charge in [0, 0.05) is 49.0 Å². The van der Waals surface area contributed by atoms with Crippen molar-refractivity contribution in [2.75, 3.05) is 31.1 Å². The summed E-state index contributed by atoms with van der Waals surface area (Å²) >= 11 is 7.67. The lowest BCUT2D eigenvalue weighted by Crippen LogP contribution is -2.49. The van der Waals surface area contributed by atoms with Crippen LogP contribution in [0.25, 0.3) is 32.0 Å². The summed E-state index contributed by atoms with van der Waals surface area (Å²) in [7, 11) is 0. The van der Waals surface area contributed by atoms with E-state index in [1.807, 2.05) is 43.3 Å². The van der Waals surface area contributed by atoms with Gasteiger partial charge in [-0.2, -0.15) is 0 Å². The number of halogens is 1. The fourth-order valence-electron chi connectivity index (χ4n) is 4.70. The van der Waals surface area contributed by atoms with Gasteiger partial charge in [0.25, 0.3) is 0 Å². The third kappa shape index (κ3) is 8.01. The Kier molecular flexibility index (Phi) is 9.64. The first kappa shape index (κ1) is 30.8. The molecule has 0 radical (unpaired) electrons. The van der Waals surface area contributed by atoms with E-state index >= 15 is 0 Å². The standard InChI is InChI=1S/C27H28ClN5O2S.C4H10O/c1-16(2)32-10-12-33(13-11-32)27-29-9-8-21(31-27)26-30-22-14-17(3)20(15-23(34)35)24(25(22)36-26)18-4-6-19(28)7-5-18;1-4(2,3)5/h4-9,14,16H,10-13,15H2,1-3H3,(H,34,35);5H,1-3H3. The zero-order chi connectivity index (χ0) is 29.9. The van der Waals surface area contributed by atoms with Gasteiger partial charge >= 0.3 is 5.97 Å². The van der Waals surface area contributed by atoms with Crippen LogP contribution in [0.15, 0.2) is 42.6 Å². The van der Waals surface area contributed by atoms with Crippen molar-refractivity contribution in [1.29, 1.82) is 0 Å². The topological polar surface area (TPSA) is 103 Å². The van der Waals surface area contributed by atoms with Crippen molar-refractivity contribution in [1.82, 2.24) is 19.9 Å². The van der Waals surface area contributed by atoms with E-state index in [2.05, 4.69) is 28.6 Å². The number of anilines is 1. The lowest BCUT2D eigenvalue weighted by molar-refractivity contribution is -0.136. The Morgan fingerprint density at radius 1 is 1.07 bits per heavy atom. The molecule has 0 atom stereocenters. The summed E-state index contributed by atoms with van der Waals surface area (Å²) in [6, 6.07) is 11.9. The van der Waals surface area contributed by atoms with Crippen molar-refractivity contribution in [3.05, 3.63) is 58.7 Å². The van der Waals surface area contributed by atoms with Crippen LogP contribution in [0, 0.1) is 6.92 Å². The van der Waals surface area contributed by atoms with Gasteiger partial charge in [0.1, 0.15) is 10.7 Å². The largest absolute Gasteiger partial charge is 0.481 e. The van der Waals surface area contributed by atoms with E-state index in [-0.39, 0.29) is 6.42 Å². The first-order valence-electron chi connectivity index (χ1n) is 13.8. The molecule has 10 heteroatoms. The number of carboxylic acids is 1. The van der Waals surface area contributed by atoms with Gasteiger partial charge in [-0.05, 0) is 82.5 Å². The lowest BCUT2D eigenvalue weighted by Gasteiger charge is -2.36. The number of aryl methyl sites for hydroxylation is 1. The highest BCUT2D eigenvalue weighted by atomic mass is 35.5. The molecule has 2 aromatic heterocycles. The monoisotopic (exact) mass is 595 g/mol. The van der Waals surface area contributed by atoms with Crippen molar-refractivity contribution in [3.8, 4) is 21.8 Å². The molecule has 1 aliphatic heterocycles. The van der Waals surface area contributed by atoms with Gasteiger partial charge in [-0.25, -0.2) is 15.0 Å². The Hall–Kier alpha value is -3.11. The highest BCUT2D eigenvalue weighted by Crippen LogP contribution is 2.40. The molecular formula is C31H38ClN5O3S. The number of hydrogen-bond acceptors (Lipinski definition) is 8. The number of benzene rings is 2. The number of piperazine rings is 1. The summed E-state index contributed by atoms with van der Waals surface area (Å²) in [6.07, 6.45) is 1.73. The summed E-state index contributed by atoms with van der Waals surface area (Å²) in [6.45, 7) is 15.4. The quantitative estimate of drug-likeness (QED) is 0.267. The van der Waals surface area contributed by atoms with Gasteiger partial charge < -0.3 is 15.1 Å². The van der Waals surface area contributed by atoms with Gasteiger partial charge in [-0.1, -0.05) is 23.7 Å². The Morgan fingerprint density at radius 2 is 1.71 bits per heavy atom. The SMILES string of the molecule is CC(C)(C)O.Cc1cc2nc(-c3ccnc(N4CCN(C(C)C)CC4)n3)sc2c(-c2ccc(Cl)cc2)c1CC(=O)O. The molecule has 4 aromatic rings. The molecule has 3 heterocycles. The van der Waals surface area contributed by atoms with Crippen molar-refractivity contribution in [2.24, 2.45) is 0 Å². The molecule has 1 saturated heterocycles. The van der Waals surface area contributed by atoms with Gasteiger partial charge in [0.05, 0.1) is 22.2 Å². The van der Waals surface area contributed by atoms with Crippen LogP contribution in [0.1, 0.15) is 45.7 Å². The Labute approximate surface area is 250 Å². The van der Waals surface area contributed by atoms with Crippen LogP contribution in [0.3, 0.4) is 0 Å². The molecule has 2 N–H and O–H groups in total. The van der Waals surface area contributed by atoms with Crippen LogP contribution in [-0.4, -0.2) is 73.9 Å². The smallest absolute Gasteiger partial charge is 0.307 e. The summed E-state index contributed by atoms with van der Waals surface area (Å²) in [5.41, 5.74) is 4.61. The Bertz CT molecular complexity index is 1500. The van der Waals surface area contributed by atoms with Crippen LogP contribution in [0.5, 0.6) is 0 Å². The first-order valence-corrected chi connectivity index (χ1v) is 14.9. The number of aromatic nitrogens is 3. The molecule has 0 saturated carbocycles. The van der Waals surface area contributed by atoms with E-state index in [0.29, 0.717) is 11.1 Å². The number of carboxylic acid groups (broad SMARTS) is 1. The molecule has 1 aliphatic rings. The molecule has 0 bridgehead atoms. The van der Waals surface area contributed by atoms with Crippen LogP contribution >= 0.6 is 22.9 Å². The molecule has 1 fully saturated rings. The number of aliphatic hydroxyl groups is 1.